The van der Waals surface area contributed by atoms with Crippen LogP contribution < -0.4 is 5.32 Å². The highest BCUT2D eigenvalue weighted by atomic mass is 19.1. The van der Waals surface area contributed by atoms with E-state index in [2.05, 4.69) is 31.1 Å². The van der Waals surface area contributed by atoms with Crippen LogP contribution in [-0.2, 0) is 6.54 Å². The van der Waals surface area contributed by atoms with E-state index in [1.807, 2.05) is 6.07 Å². The first kappa shape index (κ1) is 15.8. The van der Waals surface area contributed by atoms with Gasteiger partial charge in [0.05, 0.1) is 5.69 Å². The van der Waals surface area contributed by atoms with Gasteiger partial charge >= 0.3 is 0 Å². The van der Waals surface area contributed by atoms with Crippen molar-refractivity contribution in [1.29, 1.82) is 0 Å². The van der Waals surface area contributed by atoms with Crippen molar-refractivity contribution in [1.82, 2.24) is 10.3 Å². The van der Waals surface area contributed by atoms with Gasteiger partial charge in [-0.25, -0.2) is 9.37 Å². The molecule has 3 saturated carbocycles. The summed E-state index contributed by atoms with van der Waals surface area (Å²) >= 11 is 0. The molecule has 0 amide bonds. The van der Waals surface area contributed by atoms with Gasteiger partial charge in [0.25, 0.3) is 0 Å². The van der Waals surface area contributed by atoms with Gasteiger partial charge in [0, 0.05) is 18.2 Å². The Kier molecular flexibility index (Phi) is 3.75. The molecule has 3 aliphatic carbocycles. The first-order chi connectivity index (χ1) is 11.4. The second-order valence-corrected chi connectivity index (χ2v) is 8.10. The summed E-state index contributed by atoms with van der Waals surface area (Å²) in [5, 5.41) is 3.67. The van der Waals surface area contributed by atoms with Crippen LogP contribution in [0.25, 0.3) is 11.5 Å². The first-order valence-corrected chi connectivity index (χ1v) is 8.89. The highest BCUT2D eigenvalue weighted by molar-refractivity contribution is 5.52. The maximum Gasteiger partial charge on any atom is 0.226 e. The molecule has 4 heteroatoms. The molecule has 1 N–H and O–H groups in total. The lowest BCUT2D eigenvalue weighted by Gasteiger charge is -2.62. The van der Waals surface area contributed by atoms with Crippen molar-refractivity contribution in [2.75, 3.05) is 0 Å². The van der Waals surface area contributed by atoms with Crippen LogP contribution in [0.15, 0.2) is 34.9 Å². The molecule has 2 bridgehead atoms. The van der Waals surface area contributed by atoms with Crippen LogP contribution in [0.2, 0.25) is 0 Å². The summed E-state index contributed by atoms with van der Waals surface area (Å²) in [6, 6.07) is 6.90. The van der Waals surface area contributed by atoms with Gasteiger partial charge in [-0.1, -0.05) is 26.8 Å². The van der Waals surface area contributed by atoms with Crippen molar-refractivity contribution >= 4 is 0 Å². The minimum atomic E-state index is -0.275. The van der Waals surface area contributed by atoms with E-state index >= 15 is 0 Å². The molecule has 0 radical (unpaired) electrons. The van der Waals surface area contributed by atoms with E-state index in [4.69, 9.17) is 4.42 Å². The van der Waals surface area contributed by atoms with Gasteiger partial charge in [0.2, 0.25) is 5.89 Å². The molecule has 0 saturated heterocycles. The lowest BCUT2D eigenvalue weighted by Crippen LogP contribution is -2.59. The van der Waals surface area contributed by atoms with E-state index < -0.39 is 0 Å². The SMILES string of the molecule is C[C@@H]1C(NCc2coc(-c3cccc(F)c3)n2)C[C@H]2C[C@@H]1C2(C)C. The number of rotatable bonds is 4. The molecule has 2 aromatic rings. The number of nitrogens with zero attached hydrogens (tertiary/aromatic N) is 1. The number of fused-ring (bicyclic) bond motifs is 2. The van der Waals surface area contributed by atoms with E-state index in [0.717, 1.165) is 17.5 Å². The standard InChI is InChI=1S/C20H25FN2O/c1-12-17-8-14(20(17,2)3)9-18(12)22-10-16-11-24-19(23-16)13-5-4-6-15(21)7-13/h4-7,11-12,14,17-18,22H,8-10H2,1-3H3/t12-,14+,17-,18?/m0/s1. The molecule has 0 aliphatic heterocycles. The second-order valence-electron chi connectivity index (χ2n) is 8.10. The first-order valence-electron chi connectivity index (χ1n) is 8.89. The summed E-state index contributed by atoms with van der Waals surface area (Å²) in [5.74, 6) is 2.57. The van der Waals surface area contributed by atoms with E-state index in [-0.39, 0.29) is 5.82 Å². The Morgan fingerprint density at radius 2 is 2.17 bits per heavy atom. The number of nitrogens with one attached hydrogen (secondary N) is 1. The van der Waals surface area contributed by atoms with Crippen molar-refractivity contribution in [2.24, 2.45) is 23.2 Å². The highest BCUT2D eigenvalue weighted by Crippen LogP contribution is 2.61. The van der Waals surface area contributed by atoms with E-state index in [1.54, 1.807) is 12.3 Å². The fourth-order valence-electron chi connectivity index (χ4n) is 4.80. The summed E-state index contributed by atoms with van der Waals surface area (Å²) in [6.45, 7) is 7.91. The summed E-state index contributed by atoms with van der Waals surface area (Å²) in [4.78, 5) is 4.49. The molecule has 1 aromatic heterocycles. The van der Waals surface area contributed by atoms with Gasteiger partial charge in [-0.05, 0) is 54.2 Å². The zero-order valence-electron chi connectivity index (χ0n) is 14.6. The van der Waals surface area contributed by atoms with Crippen LogP contribution in [0.3, 0.4) is 0 Å². The van der Waals surface area contributed by atoms with Crippen LogP contribution in [0, 0.1) is 29.0 Å². The van der Waals surface area contributed by atoms with Crippen LogP contribution in [0.4, 0.5) is 4.39 Å². The van der Waals surface area contributed by atoms with Gasteiger partial charge in [0.15, 0.2) is 0 Å². The Bertz CT molecular complexity index is 739. The smallest absolute Gasteiger partial charge is 0.226 e. The van der Waals surface area contributed by atoms with Crippen molar-refractivity contribution in [3.05, 3.63) is 42.0 Å². The minimum absolute atomic E-state index is 0.275. The third-order valence-electron chi connectivity index (χ3n) is 6.52. The number of aromatic nitrogens is 1. The van der Waals surface area contributed by atoms with Crippen LogP contribution in [0.5, 0.6) is 0 Å². The molecule has 24 heavy (non-hydrogen) atoms. The molecular weight excluding hydrogens is 303 g/mol. The molecule has 3 fully saturated rings. The third-order valence-corrected chi connectivity index (χ3v) is 6.52. The van der Waals surface area contributed by atoms with Gasteiger partial charge in [-0.15, -0.1) is 0 Å². The predicted molar refractivity (Wildman–Crippen MR) is 91.7 cm³/mol. The molecule has 1 heterocycles. The minimum Gasteiger partial charge on any atom is -0.444 e. The average molecular weight is 328 g/mol. The van der Waals surface area contributed by atoms with Crippen molar-refractivity contribution in [2.45, 2.75) is 46.2 Å². The lowest BCUT2D eigenvalue weighted by atomic mass is 9.45. The summed E-state index contributed by atoms with van der Waals surface area (Å²) in [5.41, 5.74) is 2.06. The predicted octanol–water partition coefficient (Wildman–Crippen LogP) is 4.64. The average Bonchev–Trinajstić information content (AvgIpc) is 3.02. The third kappa shape index (κ3) is 2.57. The Morgan fingerprint density at radius 1 is 1.33 bits per heavy atom. The van der Waals surface area contributed by atoms with Gasteiger partial charge < -0.3 is 9.73 Å². The molecular formula is C20H25FN2O. The fraction of sp³-hybridized carbons (Fsp3) is 0.550. The Hall–Kier alpha value is -1.68. The Morgan fingerprint density at radius 3 is 2.88 bits per heavy atom. The number of halogens is 1. The molecule has 0 spiro atoms. The molecule has 3 aliphatic rings. The van der Waals surface area contributed by atoms with Crippen molar-refractivity contribution in [3.63, 3.8) is 0 Å². The van der Waals surface area contributed by atoms with Crippen LogP contribution in [-0.4, -0.2) is 11.0 Å². The quantitative estimate of drug-likeness (QED) is 0.888. The molecule has 3 nitrogen and oxygen atoms in total. The largest absolute Gasteiger partial charge is 0.444 e. The van der Waals surface area contributed by atoms with Crippen molar-refractivity contribution in [3.8, 4) is 11.5 Å². The van der Waals surface area contributed by atoms with E-state index in [1.165, 1.54) is 25.0 Å². The van der Waals surface area contributed by atoms with Gasteiger partial charge in [0.1, 0.15) is 12.1 Å². The number of hydrogen-bond acceptors (Lipinski definition) is 3. The number of oxazole rings is 1. The monoisotopic (exact) mass is 328 g/mol. The number of hydrogen-bond donors (Lipinski definition) is 1. The van der Waals surface area contributed by atoms with Crippen LogP contribution >= 0.6 is 0 Å². The summed E-state index contributed by atoms with van der Waals surface area (Å²) in [7, 11) is 0. The summed E-state index contributed by atoms with van der Waals surface area (Å²) in [6.07, 6.45) is 4.31. The fourth-order valence-corrected chi connectivity index (χ4v) is 4.80. The molecule has 4 atom stereocenters. The molecule has 1 unspecified atom stereocenters. The maximum absolute atomic E-state index is 13.3. The van der Waals surface area contributed by atoms with E-state index in [9.17, 15) is 4.39 Å². The van der Waals surface area contributed by atoms with Gasteiger partial charge in [-0.3, -0.25) is 0 Å². The van der Waals surface area contributed by atoms with Crippen molar-refractivity contribution < 1.29 is 8.81 Å². The normalized spacial score (nSPS) is 30.8. The zero-order chi connectivity index (χ0) is 16.9. The molecule has 5 rings (SSSR count). The Labute approximate surface area is 142 Å². The lowest BCUT2D eigenvalue weighted by molar-refractivity contribution is -0.115. The highest BCUT2D eigenvalue weighted by Gasteiger charge is 2.55. The van der Waals surface area contributed by atoms with E-state index in [0.29, 0.717) is 35.4 Å². The topological polar surface area (TPSA) is 38.1 Å². The maximum atomic E-state index is 13.3. The zero-order valence-corrected chi connectivity index (χ0v) is 14.6. The Balaban J connectivity index is 1.39. The van der Waals surface area contributed by atoms with Gasteiger partial charge in [-0.2, -0.15) is 0 Å². The molecule has 128 valence electrons. The molecule has 1 aromatic carbocycles. The second kappa shape index (κ2) is 5.69. The number of benzene rings is 1. The van der Waals surface area contributed by atoms with Crippen LogP contribution in [0.1, 0.15) is 39.3 Å². The summed E-state index contributed by atoms with van der Waals surface area (Å²) < 4.78 is 18.8.